The second-order valence-corrected chi connectivity index (χ2v) is 5.00. The molecule has 0 amide bonds. The SMILES string of the molecule is CC(C)(C)c1ccc(OCC(=O)CCl)cc1. The van der Waals surface area contributed by atoms with E-state index in [0.29, 0.717) is 5.75 Å². The lowest BCUT2D eigenvalue weighted by Gasteiger charge is -2.19. The summed E-state index contributed by atoms with van der Waals surface area (Å²) >= 11 is 5.37. The molecule has 0 aliphatic carbocycles. The predicted molar refractivity (Wildman–Crippen MR) is 66.4 cm³/mol. The number of halogens is 1. The third-order valence-corrected chi connectivity index (χ3v) is 2.57. The summed E-state index contributed by atoms with van der Waals surface area (Å²) < 4.78 is 5.29. The van der Waals surface area contributed by atoms with Crippen LogP contribution >= 0.6 is 11.6 Å². The smallest absolute Gasteiger partial charge is 0.184 e. The van der Waals surface area contributed by atoms with Gasteiger partial charge in [-0.25, -0.2) is 0 Å². The van der Waals surface area contributed by atoms with Crippen LogP contribution in [0.25, 0.3) is 0 Å². The van der Waals surface area contributed by atoms with Crippen molar-refractivity contribution in [1.29, 1.82) is 0 Å². The lowest BCUT2D eigenvalue weighted by atomic mass is 9.87. The number of benzene rings is 1. The Kier molecular flexibility index (Phi) is 4.36. The van der Waals surface area contributed by atoms with Crippen LogP contribution < -0.4 is 4.74 Å². The maximum absolute atomic E-state index is 11.0. The normalized spacial score (nSPS) is 11.2. The van der Waals surface area contributed by atoms with Crippen LogP contribution in [0.5, 0.6) is 5.75 Å². The molecule has 0 N–H and O–H groups in total. The number of carbonyl (C=O) groups excluding carboxylic acids is 1. The molecule has 0 saturated carbocycles. The zero-order valence-electron chi connectivity index (χ0n) is 9.92. The van der Waals surface area contributed by atoms with Gasteiger partial charge in [0.15, 0.2) is 5.78 Å². The lowest BCUT2D eigenvalue weighted by Crippen LogP contribution is -2.13. The van der Waals surface area contributed by atoms with E-state index < -0.39 is 0 Å². The molecule has 0 radical (unpaired) electrons. The Labute approximate surface area is 102 Å². The minimum absolute atomic E-state index is 0.0000741. The van der Waals surface area contributed by atoms with E-state index in [-0.39, 0.29) is 23.7 Å². The molecule has 0 saturated heterocycles. The number of rotatable bonds is 4. The highest BCUT2D eigenvalue weighted by Crippen LogP contribution is 2.24. The number of hydrogen-bond acceptors (Lipinski definition) is 2. The monoisotopic (exact) mass is 240 g/mol. The summed E-state index contributed by atoms with van der Waals surface area (Å²) in [7, 11) is 0. The molecule has 16 heavy (non-hydrogen) atoms. The third-order valence-electron chi connectivity index (χ3n) is 2.27. The Balaban J connectivity index is 2.62. The molecule has 0 unspecified atom stereocenters. The Morgan fingerprint density at radius 2 is 1.81 bits per heavy atom. The van der Waals surface area contributed by atoms with Gasteiger partial charge >= 0.3 is 0 Å². The summed E-state index contributed by atoms with van der Waals surface area (Å²) in [6.07, 6.45) is 0. The van der Waals surface area contributed by atoms with Gasteiger partial charge in [0.25, 0.3) is 0 Å². The van der Waals surface area contributed by atoms with Gasteiger partial charge in [-0.2, -0.15) is 0 Å². The summed E-state index contributed by atoms with van der Waals surface area (Å²) in [4.78, 5) is 11.0. The second-order valence-electron chi connectivity index (χ2n) is 4.74. The molecular weight excluding hydrogens is 224 g/mol. The molecule has 1 aromatic carbocycles. The van der Waals surface area contributed by atoms with Crippen LogP contribution in [-0.2, 0) is 10.2 Å². The Morgan fingerprint density at radius 3 is 2.25 bits per heavy atom. The molecule has 0 aliphatic heterocycles. The van der Waals surface area contributed by atoms with Gasteiger partial charge in [-0.15, -0.1) is 11.6 Å². The van der Waals surface area contributed by atoms with Crippen molar-refractivity contribution in [3.8, 4) is 5.75 Å². The van der Waals surface area contributed by atoms with Crippen molar-refractivity contribution in [3.63, 3.8) is 0 Å². The molecule has 1 aromatic rings. The number of ether oxygens (including phenoxy) is 1. The first-order valence-corrected chi connectivity index (χ1v) is 5.78. The Hall–Kier alpha value is -1.02. The maximum Gasteiger partial charge on any atom is 0.184 e. The van der Waals surface area contributed by atoms with Crippen molar-refractivity contribution in [3.05, 3.63) is 29.8 Å². The molecule has 0 fully saturated rings. The molecule has 0 spiro atoms. The first-order chi connectivity index (χ1) is 7.43. The van der Waals surface area contributed by atoms with Crippen molar-refractivity contribution < 1.29 is 9.53 Å². The van der Waals surface area contributed by atoms with E-state index in [1.54, 1.807) is 0 Å². The second kappa shape index (κ2) is 5.35. The fraction of sp³-hybridized carbons (Fsp3) is 0.462. The van der Waals surface area contributed by atoms with Gasteiger partial charge in [0.2, 0.25) is 0 Å². The summed E-state index contributed by atoms with van der Waals surface area (Å²) in [5.74, 6) is 0.591. The first-order valence-electron chi connectivity index (χ1n) is 5.24. The van der Waals surface area contributed by atoms with Crippen LogP contribution in [0.1, 0.15) is 26.3 Å². The van der Waals surface area contributed by atoms with Gasteiger partial charge in [0.05, 0.1) is 5.88 Å². The highest BCUT2D eigenvalue weighted by Gasteiger charge is 2.13. The van der Waals surface area contributed by atoms with E-state index >= 15 is 0 Å². The summed E-state index contributed by atoms with van der Waals surface area (Å²) in [5.41, 5.74) is 1.37. The average Bonchev–Trinajstić information content (AvgIpc) is 2.25. The van der Waals surface area contributed by atoms with Gasteiger partial charge in [-0.05, 0) is 23.1 Å². The van der Waals surface area contributed by atoms with Crippen molar-refractivity contribution in [2.24, 2.45) is 0 Å². The fourth-order valence-electron chi connectivity index (χ4n) is 1.25. The molecule has 1 rings (SSSR count). The lowest BCUT2D eigenvalue weighted by molar-refractivity contribution is -0.118. The Bertz CT molecular complexity index is 349. The standard InChI is InChI=1S/C13H17ClO2/c1-13(2,3)10-4-6-12(7-5-10)16-9-11(15)8-14/h4-7H,8-9H2,1-3H3. The highest BCUT2D eigenvalue weighted by atomic mass is 35.5. The molecule has 0 atom stereocenters. The highest BCUT2D eigenvalue weighted by molar-refractivity contribution is 6.27. The Morgan fingerprint density at radius 1 is 1.25 bits per heavy atom. The molecule has 88 valence electrons. The van der Waals surface area contributed by atoms with E-state index in [0.717, 1.165) is 0 Å². The third kappa shape index (κ3) is 3.86. The van der Waals surface area contributed by atoms with Gasteiger partial charge in [-0.1, -0.05) is 32.9 Å². The minimum Gasteiger partial charge on any atom is -0.486 e. The van der Waals surface area contributed by atoms with Crippen molar-refractivity contribution >= 4 is 17.4 Å². The van der Waals surface area contributed by atoms with Crippen LogP contribution in [0.15, 0.2) is 24.3 Å². The van der Waals surface area contributed by atoms with E-state index in [1.807, 2.05) is 24.3 Å². The first kappa shape index (κ1) is 13.0. The molecule has 2 nitrogen and oxygen atoms in total. The molecule has 0 aliphatic rings. The number of hydrogen-bond donors (Lipinski definition) is 0. The molecule has 0 bridgehead atoms. The summed E-state index contributed by atoms with van der Waals surface area (Å²) in [6, 6.07) is 7.78. The zero-order valence-corrected chi connectivity index (χ0v) is 10.7. The molecule has 0 aromatic heterocycles. The van der Waals surface area contributed by atoms with E-state index in [1.165, 1.54) is 5.56 Å². The van der Waals surface area contributed by atoms with Gasteiger partial charge in [0.1, 0.15) is 12.4 Å². The topological polar surface area (TPSA) is 26.3 Å². The summed E-state index contributed by atoms with van der Waals surface area (Å²) in [6.45, 7) is 6.50. The predicted octanol–water partition coefficient (Wildman–Crippen LogP) is 3.17. The number of Topliss-reactive ketones (excluding diaryl/α,β-unsaturated/α-hetero) is 1. The van der Waals surface area contributed by atoms with Crippen molar-refractivity contribution in [1.82, 2.24) is 0 Å². The number of ketones is 1. The largest absolute Gasteiger partial charge is 0.486 e. The van der Waals surface area contributed by atoms with Gasteiger partial charge in [0, 0.05) is 0 Å². The fourth-order valence-corrected chi connectivity index (χ4v) is 1.33. The van der Waals surface area contributed by atoms with Crippen LogP contribution in [0.4, 0.5) is 0 Å². The van der Waals surface area contributed by atoms with Gasteiger partial charge in [-0.3, -0.25) is 4.79 Å². The maximum atomic E-state index is 11.0. The molecule has 0 heterocycles. The zero-order chi connectivity index (χ0) is 12.2. The minimum atomic E-state index is -0.110. The van der Waals surface area contributed by atoms with Crippen LogP contribution in [-0.4, -0.2) is 18.3 Å². The van der Waals surface area contributed by atoms with E-state index in [2.05, 4.69) is 20.8 Å². The van der Waals surface area contributed by atoms with E-state index in [4.69, 9.17) is 16.3 Å². The molecular formula is C13H17ClO2. The summed E-state index contributed by atoms with van der Waals surface area (Å²) in [5, 5.41) is 0. The van der Waals surface area contributed by atoms with Gasteiger partial charge < -0.3 is 4.74 Å². The van der Waals surface area contributed by atoms with Crippen molar-refractivity contribution in [2.45, 2.75) is 26.2 Å². The molecule has 3 heteroatoms. The quantitative estimate of drug-likeness (QED) is 0.756. The van der Waals surface area contributed by atoms with Crippen LogP contribution in [0.3, 0.4) is 0 Å². The van der Waals surface area contributed by atoms with Crippen molar-refractivity contribution in [2.75, 3.05) is 12.5 Å². The number of alkyl halides is 1. The van der Waals surface area contributed by atoms with Crippen LogP contribution in [0.2, 0.25) is 0 Å². The van der Waals surface area contributed by atoms with E-state index in [9.17, 15) is 4.79 Å². The van der Waals surface area contributed by atoms with Crippen LogP contribution in [0, 0.1) is 0 Å². The number of carbonyl (C=O) groups is 1. The average molecular weight is 241 g/mol.